The zero-order chi connectivity index (χ0) is 37.6. The number of unbranched alkanes of at least 4 members (excludes halogenated alkanes) is 6. The number of aliphatic hydroxyl groups excluding tert-OH is 1. The molecule has 0 aliphatic rings. The van der Waals surface area contributed by atoms with Gasteiger partial charge in [0, 0.05) is 11.6 Å². The highest BCUT2D eigenvalue weighted by atomic mass is 16.6. The van der Waals surface area contributed by atoms with Crippen LogP contribution < -0.4 is 9.47 Å². The van der Waals surface area contributed by atoms with Crippen LogP contribution >= 0.6 is 0 Å². The van der Waals surface area contributed by atoms with E-state index in [1.807, 2.05) is 0 Å². The Bertz CT molecular complexity index is 1650. The molecule has 0 aliphatic heterocycles. The highest BCUT2D eigenvalue weighted by Crippen LogP contribution is 2.26. The minimum Gasteiger partial charge on any atom is -0.468 e. The van der Waals surface area contributed by atoms with Crippen LogP contribution in [0.1, 0.15) is 98.4 Å². The number of esters is 5. The molecular weight excluding hydrogens is 676 g/mol. The van der Waals surface area contributed by atoms with Gasteiger partial charge in [-0.3, -0.25) is 4.79 Å². The van der Waals surface area contributed by atoms with Gasteiger partial charge in [0.1, 0.15) is 11.5 Å². The van der Waals surface area contributed by atoms with Crippen molar-refractivity contribution < 1.29 is 62.3 Å². The number of hydrogen-bond acceptors (Lipinski definition) is 13. The highest BCUT2D eigenvalue weighted by molar-refractivity contribution is 5.95. The third-order valence-corrected chi connectivity index (χ3v) is 7.47. The summed E-state index contributed by atoms with van der Waals surface area (Å²) in [7, 11) is 0. The Hall–Kier alpha value is -5.82. The molecule has 0 bridgehead atoms. The van der Waals surface area contributed by atoms with Crippen molar-refractivity contribution in [1.29, 1.82) is 0 Å². The zero-order valence-electron chi connectivity index (χ0n) is 28.8. The molecule has 3 aromatic carbocycles. The molecule has 0 saturated carbocycles. The Morgan fingerprint density at radius 2 is 1.00 bits per heavy atom. The minimum absolute atomic E-state index is 0.0467. The standard InChI is InChI=1S/C39H42O13/c1-2-35(42)48-22-8-5-6-10-24-50-36(43)28-11-15-30(16-12-28)38(45)51-33-19-20-34(32(25-33)26-40)52-39(46)31-17-13-29(14-18-31)37(44)49-23-9-4-3-7-21-47-27-41/h2,11-20,25,27,40H,1,3-10,21-24,26H2. The van der Waals surface area contributed by atoms with Gasteiger partial charge in [0.25, 0.3) is 6.47 Å². The highest BCUT2D eigenvalue weighted by Gasteiger charge is 2.17. The number of rotatable bonds is 23. The lowest BCUT2D eigenvalue weighted by atomic mass is 10.1. The number of aliphatic hydroxyl groups is 1. The largest absolute Gasteiger partial charge is 0.468 e. The Labute approximate surface area is 301 Å². The average Bonchev–Trinajstić information content (AvgIpc) is 3.17. The van der Waals surface area contributed by atoms with E-state index < -0.39 is 36.5 Å². The van der Waals surface area contributed by atoms with Crippen LogP contribution in [0.4, 0.5) is 0 Å². The van der Waals surface area contributed by atoms with Gasteiger partial charge in [-0.15, -0.1) is 0 Å². The van der Waals surface area contributed by atoms with Crippen molar-refractivity contribution in [2.24, 2.45) is 0 Å². The van der Waals surface area contributed by atoms with Gasteiger partial charge in [-0.1, -0.05) is 6.58 Å². The normalized spacial score (nSPS) is 10.4. The third kappa shape index (κ3) is 14.2. The fraction of sp³-hybridized carbons (Fsp3) is 0.333. The summed E-state index contributed by atoms with van der Waals surface area (Å²) in [6.07, 6.45) is 7.13. The first-order valence-electron chi connectivity index (χ1n) is 16.8. The molecule has 3 rings (SSSR count). The van der Waals surface area contributed by atoms with Crippen molar-refractivity contribution in [3.8, 4) is 11.5 Å². The Morgan fingerprint density at radius 3 is 1.46 bits per heavy atom. The maximum absolute atomic E-state index is 12.8. The lowest BCUT2D eigenvalue weighted by Crippen LogP contribution is -2.12. The van der Waals surface area contributed by atoms with Crippen molar-refractivity contribution in [3.05, 3.63) is 107 Å². The monoisotopic (exact) mass is 718 g/mol. The average molecular weight is 719 g/mol. The number of carbonyl (C=O) groups is 6. The van der Waals surface area contributed by atoms with Gasteiger partial charge in [-0.05, 0) is 118 Å². The van der Waals surface area contributed by atoms with Crippen LogP contribution in [0.25, 0.3) is 0 Å². The van der Waals surface area contributed by atoms with Gasteiger partial charge in [0.15, 0.2) is 0 Å². The molecular formula is C39H42O13. The summed E-state index contributed by atoms with van der Waals surface area (Å²) < 4.78 is 30.9. The Balaban J connectivity index is 1.43. The Morgan fingerprint density at radius 1 is 0.558 bits per heavy atom. The minimum atomic E-state index is -0.736. The molecule has 0 radical (unpaired) electrons. The molecule has 0 unspecified atom stereocenters. The van der Waals surface area contributed by atoms with E-state index in [2.05, 4.69) is 11.3 Å². The second-order valence-corrected chi connectivity index (χ2v) is 11.3. The first-order chi connectivity index (χ1) is 25.2. The number of ether oxygens (including phenoxy) is 6. The summed E-state index contributed by atoms with van der Waals surface area (Å²) in [4.78, 5) is 71.4. The van der Waals surface area contributed by atoms with Gasteiger partial charge in [-0.2, -0.15) is 0 Å². The fourth-order valence-electron chi connectivity index (χ4n) is 4.63. The maximum Gasteiger partial charge on any atom is 0.343 e. The SMILES string of the molecule is C=CC(=O)OCCCCCCOC(=O)c1ccc(C(=O)Oc2ccc(OC(=O)c3ccc(C(=O)OCCCCCCOC=O)cc3)c(CO)c2)cc1. The number of benzene rings is 3. The molecule has 0 heterocycles. The number of carbonyl (C=O) groups excluding carboxylic acids is 6. The summed E-state index contributed by atoms with van der Waals surface area (Å²) in [6.45, 7) is 4.36. The van der Waals surface area contributed by atoms with Crippen molar-refractivity contribution in [3.63, 3.8) is 0 Å². The van der Waals surface area contributed by atoms with Gasteiger partial charge in [0.05, 0.1) is 55.3 Å². The van der Waals surface area contributed by atoms with E-state index in [9.17, 15) is 33.9 Å². The van der Waals surface area contributed by atoms with Crippen LogP contribution in [0, 0.1) is 0 Å². The topological polar surface area (TPSA) is 178 Å². The molecule has 13 heteroatoms. The lowest BCUT2D eigenvalue weighted by Gasteiger charge is -2.11. The van der Waals surface area contributed by atoms with E-state index in [0.29, 0.717) is 38.9 Å². The van der Waals surface area contributed by atoms with Crippen LogP contribution in [0.15, 0.2) is 79.4 Å². The first-order valence-corrected chi connectivity index (χ1v) is 16.8. The van der Waals surface area contributed by atoms with Crippen LogP contribution in [-0.2, 0) is 35.1 Å². The van der Waals surface area contributed by atoms with E-state index in [1.54, 1.807) is 0 Å². The molecule has 0 fully saturated rings. The molecule has 1 N–H and O–H groups in total. The molecule has 0 atom stereocenters. The fourth-order valence-corrected chi connectivity index (χ4v) is 4.63. The summed E-state index contributed by atoms with van der Waals surface area (Å²) in [5, 5.41) is 9.90. The molecule has 0 aliphatic carbocycles. The number of hydrogen-bond donors (Lipinski definition) is 1. The van der Waals surface area contributed by atoms with E-state index >= 15 is 0 Å². The first kappa shape index (κ1) is 40.6. The molecule has 13 nitrogen and oxygen atoms in total. The maximum atomic E-state index is 12.8. The van der Waals surface area contributed by atoms with Crippen LogP contribution in [0.2, 0.25) is 0 Å². The molecule has 52 heavy (non-hydrogen) atoms. The Kier molecular flexibility index (Phi) is 17.8. The second kappa shape index (κ2) is 22.8. The predicted molar refractivity (Wildman–Crippen MR) is 186 cm³/mol. The lowest BCUT2D eigenvalue weighted by molar-refractivity contribution is -0.137. The summed E-state index contributed by atoms with van der Waals surface area (Å²) >= 11 is 0. The molecule has 0 saturated heterocycles. The summed E-state index contributed by atoms with van der Waals surface area (Å²) in [6, 6.07) is 15.6. The predicted octanol–water partition coefficient (Wildman–Crippen LogP) is 5.95. The van der Waals surface area contributed by atoms with Crippen LogP contribution in [0.3, 0.4) is 0 Å². The molecule has 3 aromatic rings. The van der Waals surface area contributed by atoms with Gasteiger partial charge in [0.2, 0.25) is 0 Å². The van der Waals surface area contributed by atoms with E-state index in [-0.39, 0.29) is 52.5 Å². The van der Waals surface area contributed by atoms with Crippen molar-refractivity contribution >= 4 is 36.3 Å². The van der Waals surface area contributed by atoms with E-state index in [1.165, 1.54) is 66.7 Å². The van der Waals surface area contributed by atoms with Gasteiger partial charge >= 0.3 is 29.8 Å². The quantitative estimate of drug-likeness (QED) is 0.0304. The summed E-state index contributed by atoms with van der Waals surface area (Å²) in [5.41, 5.74) is 1.03. The summed E-state index contributed by atoms with van der Waals surface area (Å²) in [5.74, 6) is -2.84. The molecule has 0 aromatic heterocycles. The zero-order valence-corrected chi connectivity index (χ0v) is 28.8. The van der Waals surface area contributed by atoms with E-state index in [4.69, 9.17) is 23.7 Å². The van der Waals surface area contributed by atoms with Gasteiger partial charge < -0.3 is 33.5 Å². The van der Waals surface area contributed by atoms with Crippen molar-refractivity contribution in [2.45, 2.75) is 58.0 Å². The van der Waals surface area contributed by atoms with Crippen molar-refractivity contribution in [1.82, 2.24) is 0 Å². The molecule has 0 amide bonds. The smallest absolute Gasteiger partial charge is 0.343 e. The second-order valence-electron chi connectivity index (χ2n) is 11.3. The van der Waals surface area contributed by atoms with E-state index in [0.717, 1.165) is 38.2 Å². The molecule has 0 spiro atoms. The van der Waals surface area contributed by atoms with Crippen LogP contribution in [-0.4, -0.2) is 67.9 Å². The van der Waals surface area contributed by atoms with Crippen LogP contribution in [0.5, 0.6) is 11.5 Å². The third-order valence-electron chi connectivity index (χ3n) is 7.47. The van der Waals surface area contributed by atoms with Crippen molar-refractivity contribution in [2.75, 3.05) is 26.4 Å². The molecule has 276 valence electrons. The van der Waals surface area contributed by atoms with Gasteiger partial charge in [-0.25, -0.2) is 24.0 Å².